The molecule has 0 saturated heterocycles. The molecule has 0 spiro atoms. The summed E-state index contributed by atoms with van der Waals surface area (Å²) in [5, 5.41) is 16.7. The number of benzene rings is 2. The first-order valence-corrected chi connectivity index (χ1v) is 13.5. The predicted octanol–water partition coefficient (Wildman–Crippen LogP) is 6.36. The Morgan fingerprint density at radius 3 is 2.64 bits per heavy atom. The van der Waals surface area contributed by atoms with Gasteiger partial charge in [0.05, 0.1) is 5.75 Å². The highest BCUT2D eigenvalue weighted by molar-refractivity contribution is 8.01. The maximum Gasteiger partial charge on any atom is 0.234 e. The van der Waals surface area contributed by atoms with Crippen LogP contribution < -0.4 is 10.6 Å². The fraction of sp³-hybridized carbons (Fsp3) is 0.440. The highest BCUT2D eigenvalue weighted by Crippen LogP contribution is 2.33. The summed E-state index contributed by atoms with van der Waals surface area (Å²) in [6.45, 7) is 2.23. The fourth-order valence-electron chi connectivity index (χ4n) is 4.38. The lowest BCUT2D eigenvalue weighted by Crippen LogP contribution is -2.27. The average molecular weight is 483 g/mol. The lowest BCUT2D eigenvalue weighted by molar-refractivity contribution is -0.121. The number of nitrogens with one attached hydrogen (secondary N) is 2. The molecule has 3 aromatic rings. The lowest BCUT2D eigenvalue weighted by atomic mass is 9.79. The molecular weight excluding hydrogens is 452 g/mol. The molecule has 0 unspecified atom stereocenters. The monoisotopic (exact) mass is 482 g/mol. The number of carbonyl (C=O) groups is 2. The Morgan fingerprint density at radius 1 is 1.03 bits per heavy atom. The van der Waals surface area contributed by atoms with Crippen molar-refractivity contribution in [1.82, 2.24) is 10.2 Å². The largest absolute Gasteiger partial charge is 0.325 e. The van der Waals surface area contributed by atoms with Gasteiger partial charge in [0.25, 0.3) is 0 Å². The second-order valence-electron chi connectivity index (χ2n) is 8.59. The van der Waals surface area contributed by atoms with Crippen LogP contribution in [0.1, 0.15) is 51.9 Å². The molecule has 33 heavy (non-hydrogen) atoms. The Bertz CT molecular complexity index is 1090. The molecule has 1 saturated carbocycles. The van der Waals surface area contributed by atoms with Crippen LogP contribution in [0.2, 0.25) is 0 Å². The van der Waals surface area contributed by atoms with Gasteiger partial charge in [0.15, 0.2) is 4.34 Å². The smallest absolute Gasteiger partial charge is 0.234 e. The summed E-state index contributed by atoms with van der Waals surface area (Å²) in [7, 11) is 0. The van der Waals surface area contributed by atoms with E-state index in [0.717, 1.165) is 48.1 Å². The number of fused-ring (bicyclic) bond motifs is 1. The van der Waals surface area contributed by atoms with Crippen molar-refractivity contribution in [3.05, 3.63) is 42.5 Å². The minimum absolute atomic E-state index is 0.0466. The van der Waals surface area contributed by atoms with Crippen molar-refractivity contribution in [2.75, 3.05) is 16.4 Å². The van der Waals surface area contributed by atoms with E-state index < -0.39 is 0 Å². The molecule has 1 aromatic heterocycles. The third kappa shape index (κ3) is 6.54. The zero-order valence-electron chi connectivity index (χ0n) is 18.9. The van der Waals surface area contributed by atoms with Gasteiger partial charge < -0.3 is 10.6 Å². The maximum atomic E-state index is 12.6. The van der Waals surface area contributed by atoms with Gasteiger partial charge in [0.1, 0.15) is 0 Å². The third-order valence-electron chi connectivity index (χ3n) is 6.21. The van der Waals surface area contributed by atoms with Crippen molar-refractivity contribution in [2.24, 2.45) is 11.8 Å². The van der Waals surface area contributed by atoms with Gasteiger partial charge >= 0.3 is 0 Å². The molecular formula is C25H30N4O2S2. The summed E-state index contributed by atoms with van der Waals surface area (Å²) in [6, 6.07) is 13.8. The van der Waals surface area contributed by atoms with Crippen LogP contribution in [-0.4, -0.2) is 27.8 Å². The number of aromatic nitrogens is 2. The van der Waals surface area contributed by atoms with Crippen molar-refractivity contribution < 1.29 is 9.59 Å². The Hall–Kier alpha value is -2.45. The molecule has 4 rings (SSSR count). The molecule has 0 atom stereocenters. The standard InChI is InChI=1S/C25H30N4O2S2/c1-2-3-7-17-12-14-19(15-13-17)23(31)27-24-28-29-25(33-24)32-16-22(30)26-21-11-6-9-18-8-4-5-10-20(18)21/h4-6,8-11,17,19H,2-3,7,12-16H2,1H3,(H,26,30)(H,27,28,31). The fourth-order valence-corrected chi connectivity index (χ4v) is 5.94. The van der Waals surface area contributed by atoms with Gasteiger partial charge in [0, 0.05) is 17.0 Å². The molecule has 1 aliphatic rings. The van der Waals surface area contributed by atoms with Gasteiger partial charge in [-0.1, -0.05) is 85.7 Å². The highest BCUT2D eigenvalue weighted by Gasteiger charge is 2.26. The first kappa shape index (κ1) is 23.7. The van der Waals surface area contributed by atoms with Crippen molar-refractivity contribution in [2.45, 2.75) is 56.2 Å². The quantitative estimate of drug-likeness (QED) is 0.274. The zero-order chi connectivity index (χ0) is 23.0. The Morgan fingerprint density at radius 2 is 1.82 bits per heavy atom. The summed E-state index contributed by atoms with van der Waals surface area (Å²) in [5.74, 6) is 1.02. The van der Waals surface area contributed by atoms with E-state index in [2.05, 4.69) is 27.8 Å². The van der Waals surface area contributed by atoms with Crippen molar-refractivity contribution in [3.8, 4) is 0 Å². The van der Waals surface area contributed by atoms with Crippen LogP contribution in [0.4, 0.5) is 10.8 Å². The number of amides is 2. The average Bonchev–Trinajstić information content (AvgIpc) is 3.29. The van der Waals surface area contributed by atoms with Gasteiger partial charge in [0.2, 0.25) is 16.9 Å². The summed E-state index contributed by atoms with van der Waals surface area (Å²) < 4.78 is 0.668. The molecule has 6 nitrogen and oxygen atoms in total. The summed E-state index contributed by atoms with van der Waals surface area (Å²) in [5.41, 5.74) is 0.799. The van der Waals surface area contributed by atoms with E-state index >= 15 is 0 Å². The first-order valence-electron chi connectivity index (χ1n) is 11.7. The zero-order valence-corrected chi connectivity index (χ0v) is 20.5. The third-order valence-corrected chi connectivity index (χ3v) is 8.18. The molecule has 2 aromatic carbocycles. The van der Waals surface area contributed by atoms with Gasteiger partial charge in [-0.25, -0.2) is 0 Å². The molecule has 2 N–H and O–H groups in total. The van der Waals surface area contributed by atoms with Crippen molar-refractivity contribution >= 4 is 56.5 Å². The number of carbonyl (C=O) groups excluding carboxylic acids is 2. The minimum Gasteiger partial charge on any atom is -0.325 e. The summed E-state index contributed by atoms with van der Waals surface area (Å²) >= 11 is 2.64. The predicted molar refractivity (Wildman–Crippen MR) is 137 cm³/mol. The molecule has 0 radical (unpaired) electrons. The highest BCUT2D eigenvalue weighted by atomic mass is 32.2. The van der Waals surface area contributed by atoms with E-state index in [4.69, 9.17) is 0 Å². The molecule has 174 valence electrons. The number of unbranched alkanes of at least 4 members (excludes halogenated alkanes) is 1. The Labute approximate surface area is 203 Å². The van der Waals surface area contributed by atoms with Gasteiger partial charge in [-0.3, -0.25) is 9.59 Å². The number of thioether (sulfide) groups is 1. The van der Waals surface area contributed by atoms with E-state index in [1.54, 1.807) is 0 Å². The van der Waals surface area contributed by atoms with Gasteiger partial charge in [-0.05, 0) is 43.1 Å². The van der Waals surface area contributed by atoms with Crippen LogP contribution in [0.15, 0.2) is 46.8 Å². The maximum absolute atomic E-state index is 12.6. The molecule has 1 aliphatic carbocycles. The number of hydrogen-bond acceptors (Lipinski definition) is 6. The summed E-state index contributed by atoms with van der Waals surface area (Å²) in [4.78, 5) is 25.1. The summed E-state index contributed by atoms with van der Waals surface area (Å²) in [6.07, 6.45) is 8.00. The lowest BCUT2D eigenvalue weighted by Gasteiger charge is -2.27. The van der Waals surface area contributed by atoms with Crippen molar-refractivity contribution in [3.63, 3.8) is 0 Å². The number of hydrogen-bond donors (Lipinski definition) is 2. The molecule has 1 fully saturated rings. The van der Waals surface area contributed by atoms with Crippen molar-refractivity contribution in [1.29, 1.82) is 0 Å². The SMILES string of the molecule is CCCCC1CCC(C(=O)Nc2nnc(SCC(=O)Nc3cccc4ccccc34)s2)CC1. The van der Waals surface area contributed by atoms with Crippen LogP contribution in [0.25, 0.3) is 10.8 Å². The minimum atomic E-state index is -0.100. The molecule has 8 heteroatoms. The second kappa shape index (κ2) is 11.6. The normalized spacial score (nSPS) is 18.2. The van der Waals surface area contributed by atoms with E-state index in [9.17, 15) is 9.59 Å². The number of nitrogens with zero attached hydrogens (tertiary/aromatic N) is 2. The van der Waals surface area contributed by atoms with Crippen LogP contribution in [0.5, 0.6) is 0 Å². The van der Waals surface area contributed by atoms with Crippen LogP contribution in [0.3, 0.4) is 0 Å². The number of rotatable bonds is 9. The van der Waals surface area contributed by atoms with E-state index in [0.29, 0.717) is 9.47 Å². The first-order chi connectivity index (χ1) is 16.1. The second-order valence-corrected chi connectivity index (χ2v) is 10.8. The van der Waals surface area contributed by atoms with Gasteiger partial charge in [-0.15, -0.1) is 10.2 Å². The van der Waals surface area contributed by atoms with Crippen LogP contribution >= 0.6 is 23.1 Å². The molecule has 2 amide bonds. The van der Waals surface area contributed by atoms with E-state index in [-0.39, 0.29) is 23.5 Å². The van der Waals surface area contributed by atoms with E-state index in [1.165, 1.54) is 42.4 Å². The molecule has 1 heterocycles. The van der Waals surface area contributed by atoms with Crippen LogP contribution in [-0.2, 0) is 9.59 Å². The molecule has 0 bridgehead atoms. The van der Waals surface area contributed by atoms with Crippen LogP contribution in [0, 0.1) is 11.8 Å². The topological polar surface area (TPSA) is 84.0 Å². The Kier molecular flexibility index (Phi) is 8.34. The van der Waals surface area contributed by atoms with Gasteiger partial charge in [-0.2, -0.15) is 0 Å². The number of anilines is 2. The Balaban J connectivity index is 1.23. The van der Waals surface area contributed by atoms with E-state index in [1.807, 2.05) is 42.5 Å². The molecule has 0 aliphatic heterocycles.